The molecule has 19 heavy (non-hydrogen) atoms. The van der Waals surface area contributed by atoms with Crippen molar-refractivity contribution in [1.82, 2.24) is 10.1 Å². The Bertz CT molecular complexity index is 373. The fourth-order valence-corrected chi connectivity index (χ4v) is 2.78. The second kappa shape index (κ2) is 7.01. The zero-order valence-corrected chi connectivity index (χ0v) is 11.9. The molecule has 2 rings (SSSR count). The van der Waals surface area contributed by atoms with Crippen LogP contribution in [0, 0.1) is 0 Å². The molecule has 0 radical (unpaired) electrons. The molecule has 5 nitrogen and oxygen atoms in total. The van der Waals surface area contributed by atoms with Crippen LogP contribution in [0.3, 0.4) is 0 Å². The number of unbranched alkanes of at least 4 members (excludes halogenated alkanes) is 2. The summed E-state index contributed by atoms with van der Waals surface area (Å²) in [4.78, 5) is 4.54. The first-order valence-corrected chi connectivity index (χ1v) is 7.39. The molecule has 1 heterocycles. The number of nitrogens with zero attached hydrogens (tertiary/aromatic N) is 2. The fraction of sp³-hybridized carbons (Fsp3) is 0.857. The second-order valence-corrected chi connectivity index (χ2v) is 5.37. The number of hydrogen-bond acceptors (Lipinski definition) is 5. The van der Waals surface area contributed by atoms with Gasteiger partial charge in [-0.25, -0.2) is 0 Å². The van der Waals surface area contributed by atoms with E-state index in [0.29, 0.717) is 0 Å². The minimum atomic E-state index is -0.308. The smallest absolute Gasteiger partial charge is 0.226 e. The fourth-order valence-electron chi connectivity index (χ4n) is 2.78. The number of hydrogen-bond donors (Lipinski definition) is 1. The highest BCUT2D eigenvalue weighted by Crippen LogP contribution is 2.38. The summed E-state index contributed by atoms with van der Waals surface area (Å²) >= 11 is 0. The van der Waals surface area contributed by atoms with Gasteiger partial charge in [-0.3, -0.25) is 0 Å². The lowest BCUT2D eigenvalue weighted by Crippen LogP contribution is -2.32. The quantitative estimate of drug-likeness (QED) is 0.768. The van der Waals surface area contributed by atoms with Gasteiger partial charge in [-0.1, -0.05) is 30.8 Å². The van der Waals surface area contributed by atoms with Crippen LogP contribution in [0.15, 0.2) is 4.52 Å². The largest absolute Gasteiger partial charge is 0.370 e. The monoisotopic (exact) mass is 267 g/mol. The summed E-state index contributed by atoms with van der Waals surface area (Å²) in [7, 11) is 1.75. The number of aryl methyl sites for hydroxylation is 1. The van der Waals surface area contributed by atoms with Crippen molar-refractivity contribution >= 4 is 0 Å². The van der Waals surface area contributed by atoms with Gasteiger partial charge in [-0.2, -0.15) is 4.98 Å². The summed E-state index contributed by atoms with van der Waals surface area (Å²) in [5.74, 6) is 1.47. The summed E-state index contributed by atoms with van der Waals surface area (Å²) in [6, 6.07) is 0. The van der Waals surface area contributed by atoms with Crippen LogP contribution < -0.4 is 5.73 Å². The van der Waals surface area contributed by atoms with Gasteiger partial charge in [0.1, 0.15) is 5.60 Å². The Balaban J connectivity index is 1.94. The van der Waals surface area contributed by atoms with Crippen LogP contribution >= 0.6 is 0 Å². The van der Waals surface area contributed by atoms with Crippen LogP contribution in [0.25, 0.3) is 0 Å². The minimum absolute atomic E-state index is 0.308. The van der Waals surface area contributed by atoms with Gasteiger partial charge in [-0.15, -0.1) is 0 Å². The zero-order valence-electron chi connectivity index (χ0n) is 11.9. The number of aromatic nitrogens is 2. The number of nitrogens with two attached hydrogens (primary N) is 1. The standard InChI is InChI=1S/C14H25N3O2/c1-18-14(9-5-3-6-10-14)13-16-12(19-17-13)8-4-2-7-11-15/h2-11,15H2,1H3. The Kier molecular flexibility index (Phi) is 5.34. The summed E-state index contributed by atoms with van der Waals surface area (Å²) in [6.45, 7) is 0.752. The Hall–Kier alpha value is -0.940. The van der Waals surface area contributed by atoms with Crippen molar-refractivity contribution in [3.8, 4) is 0 Å². The van der Waals surface area contributed by atoms with Crippen LogP contribution in [0.2, 0.25) is 0 Å². The van der Waals surface area contributed by atoms with Gasteiger partial charge in [0.2, 0.25) is 11.7 Å². The van der Waals surface area contributed by atoms with Gasteiger partial charge >= 0.3 is 0 Å². The van der Waals surface area contributed by atoms with Crippen LogP contribution in [0.5, 0.6) is 0 Å². The number of rotatable bonds is 7. The van der Waals surface area contributed by atoms with E-state index in [1.807, 2.05) is 0 Å². The summed E-state index contributed by atoms with van der Waals surface area (Å²) in [5.41, 5.74) is 5.17. The van der Waals surface area contributed by atoms with Crippen molar-refractivity contribution in [2.45, 2.75) is 63.4 Å². The summed E-state index contributed by atoms with van der Waals surface area (Å²) < 4.78 is 11.1. The molecular weight excluding hydrogens is 242 g/mol. The maximum atomic E-state index is 5.72. The van der Waals surface area contributed by atoms with E-state index in [2.05, 4.69) is 10.1 Å². The molecule has 0 saturated heterocycles. The lowest BCUT2D eigenvalue weighted by atomic mass is 9.84. The van der Waals surface area contributed by atoms with E-state index in [1.54, 1.807) is 7.11 Å². The normalized spacial score (nSPS) is 18.6. The maximum absolute atomic E-state index is 5.72. The highest BCUT2D eigenvalue weighted by Gasteiger charge is 2.38. The van der Waals surface area contributed by atoms with Gasteiger partial charge in [0.05, 0.1) is 0 Å². The molecule has 0 aromatic carbocycles. The van der Waals surface area contributed by atoms with Crippen molar-refractivity contribution in [3.05, 3.63) is 11.7 Å². The molecule has 0 atom stereocenters. The van der Waals surface area contributed by atoms with Crippen molar-refractivity contribution in [2.75, 3.05) is 13.7 Å². The van der Waals surface area contributed by atoms with E-state index >= 15 is 0 Å². The summed E-state index contributed by atoms with van der Waals surface area (Å²) in [6.07, 6.45) is 9.68. The summed E-state index contributed by atoms with van der Waals surface area (Å²) in [5, 5.41) is 4.15. The van der Waals surface area contributed by atoms with Crippen LogP contribution in [-0.2, 0) is 16.8 Å². The van der Waals surface area contributed by atoms with E-state index in [1.165, 1.54) is 19.3 Å². The first-order valence-electron chi connectivity index (χ1n) is 7.39. The van der Waals surface area contributed by atoms with E-state index in [0.717, 1.165) is 56.8 Å². The molecule has 5 heteroatoms. The predicted octanol–water partition coefficient (Wildman–Crippen LogP) is 2.55. The SMILES string of the molecule is COC1(c2noc(CCCCCN)n2)CCCCC1. The van der Waals surface area contributed by atoms with Crippen LogP contribution in [0.1, 0.15) is 63.1 Å². The van der Waals surface area contributed by atoms with Crippen molar-refractivity contribution in [1.29, 1.82) is 0 Å². The molecule has 0 spiro atoms. The third-order valence-electron chi connectivity index (χ3n) is 4.02. The van der Waals surface area contributed by atoms with E-state index in [-0.39, 0.29) is 5.60 Å². The predicted molar refractivity (Wildman–Crippen MR) is 72.7 cm³/mol. The molecule has 1 aliphatic rings. The first kappa shape index (κ1) is 14.5. The van der Waals surface area contributed by atoms with Crippen LogP contribution in [0.4, 0.5) is 0 Å². The average Bonchev–Trinajstić information content (AvgIpc) is 2.94. The van der Waals surface area contributed by atoms with Crippen molar-refractivity contribution in [3.63, 3.8) is 0 Å². The Morgan fingerprint density at radius 3 is 2.68 bits per heavy atom. The Morgan fingerprint density at radius 1 is 1.21 bits per heavy atom. The molecule has 0 bridgehead atoms. The Labute approximate surface area is 114 Å². The first-order chi connectivity index (χ1) is 9.30. The van der Waals surface area contributed by atoms with Gasteiger partial charge in [0.25, 0.3) is 0 Å². The molecular formula is C14H25N3O2. The lowest BCUT2D eigenvalue weighted by Gasteiger charge is -2.32. The molecule has 1 saturated carbocycles. The van der Waals surface area contributed by atoms with Crippen LogP contribution in [-0.4, -0.2) is 23.8 Å². The van der Waals surface area contributed by atoms with E-state index < -0.39 is 0 Å². The number of ether oxygens (including phenoxy) is 1. The number of methoxy groups -OCH3 is 1. The highest BCUT2D eigenvalue weighted by atomic mass is 16.5. The topological polar surface area (TPSA) is 74.2 Å². The van der Waals surface area contributed by atoms with Gasteiger partial charge in [-0.05, 0) is 32.2 Å². The van der Waals surface area contributed by atoms with E-state index in [9.17, 15) is 0 Å². The molecule has 1 aromatic heterocycles. The molecule has 0 unspecified atom stereocenters. The Morgan fingerprint density at radius 2 is 2.00 bits per heavy atom. The third kappa shape index (κ3) is 3.54. The van der Waals surface area contributed by atoms with Crippen molar-refractivity contribution in [2.24, 2.45) is 5.73 Å². The van der Waals surface area contributed by atoms with Crippen molar-refractivity contribution < 1.29 is 9.26 Å². The van der Waals surface area contributed by atoms with Gasteiger partial charge in [0.15, 0.2) is 0 Å². The third-order valence-corrected chi connectivity index (χ3v) is 4.02. The molecule has 1 fully saturated rings. The lowest BCUT2D eigenvalue weighted by molar-refractivity contribution is -0.0527. The highest BCUT2D eigenvalue weighted by molar-refractivity contribution is 5.03. The zero-order chi connectivity index (χ0) is 13.6. The molecule has 1 aliphatic carbocycles. The molecule has 0 aliphatic heterocycles. The molecule has 108 valence electrons. The molecule has 2 N–H and O–H groups in total. The average molecular weight is 267 g/mol. The maximum Gasteiger partial charge on any atom is 0.226 e. The molecule has 1 aromatic rings. The van der Waals surface area contributed by atoms with Gasteiger partial charge < -0.3 is 15.0 Å². The second-order valence-electron chi connectivity index (χ2n) is 5.37. The van der Waals surface area contributed by atoms with E-state index in [4.69, 9.17) is 15.0 Å². The van der Waals surface area contributed by atoms with Gasteiger partial charge in [0, 0.05) is 13.5 Å². The molecule has 0 amide bonds. The minimum Gasteiger partial charge on any atom is -0.370 e.